The number of nitrogens with zero attached hydrogens (tertiary/aromatic N) is 3. The third-order valence-corrected chi connectivity index (χ3v) is 9.33. The smallest absolute Gasteiger partial charge is 0.242 e. The van der Waals surface area contributed by atoms with Crippen LogP contribution >= 0.6 is 23.4 Å². The topological polar surface area (TPSA) is 57.1 Å². The van der Waals surface area contributed by atoms with Crippen molar-refractivity contribution in [3.05, 3.63) is 70.0 Å². The zero-order valence-electron chi connectivity index (χ0n) is 26.8. The number of hydrogen-bond donors (Lipinski definition) is 1. The molecule has 1 aromatic carbocycles. The molecular formula is C34H48ClF3N4OS. The quantitative estimate of drug-likeness (QED) is 0.257. The number of fused-ring (bicyclic) bond motifs is 1. The minimum Gasteiger partial charge on any atom is -0.351 e. The van der Waals surface area contributed by atoms with E-state index in [1.807, 2.05) is 13.0 Å². The molecule has 4 rings (SSSR count). The molecule has 1 aromatic rings. The van der Waals surface area contributed by atoms with E-state index in [1.54, 1.807) is 37.0 Å². The van der Waals surface area contributed by atoms with E-state index in [1.165, 1.54) is 44.4 Å². The number of hydrogen-bond acceptors (Lipinski definition) is 5. The van der Waals surface area contributed by atoms with Crippen molar-refractivity contribution in [2.45, 2.75) is 90.9 Å². The summed E-state index contributed by atoms with van der Waals surface area (Å²) >= 11 is 7.17. The van der Waals surface area contributed by atoms with Crippen molar-refractivity contribution in [3.8, 4) is 0 Å². The second-order valence-electron chi connectivity index (χ2n) is 11.3. The van der Waals surface area contributed by atoms with Gasteiger partial charge in [-0.05, 0) is 48.4 Å². The number of thioether (sulfide) groups is 1. The highest BCUT2D eigenvalue weighted by molar-refractivity contribution is 8.03. The number of carbonyl (C=O) groups excluding carboxylic acids is 1. The first-order chi connectivity index (χ1) is 21.0. The van der Waals surface area contributed by atoms with Crippen LogP contribution in [0.4, 0.5) is 13.2 Å². The monoisotopic (exact) mass is 652 g/mol. The van der Waals surface area contributed by atoms with E-state index in [-0.39, 0.29) is 29.4 Å². The first kappa shape index (κ1) is 37.7. The zero-order valence-corrected chi connectivity index (χ0v) is 28.4. The van der Waals surface area contributed by atoms with Crippen LogP contribution in [-0.2, 0) is 4.79 Å². The number of benzene rings is 1. The van der Waals surface area contributed by atoms with E-state index >= 15 is 0 Å². The van der Waals surface area contributed by atoms with Gasteiger partial charge in [-0.1, -0.05) is 76.3 Å². The summed E-state index contributed by atoms with van der Waals surface area (Å²) in [5.74, 6) is 2.16. The summed E-state index contributed by atoms with van der Waals surface area (Å²) in [7, 11) is 1.67. The molecule has 3 aliphatic rings. The number of aliphatic imine (C=N–C) groups is 2. The zero-order chi connectivity index (χ0) is 32.6. The van der Waals surface area contributed by atoms with E-state index in [4.69, 9.17) is 16.6 Å². The van der Waals surface area contributed by atoms with Gasteiger partial charge in [-0.15, -0.1) is 11.8 Å². The van der Waals surface area contributed by atoms with Crippen LogP contribution in [0.5, 0.6) is 0 Å². The largest absolute Gasteiger partial charge is 0.351 e. The summed E-state index contributed by atoms with van der Waals surface area (Å²) in [6, 6.07) is 5.80. The number of amidine groups is 1. The van der Waals surface area contributed by atoms with Crippen LogP contribution in [-0.4, -0.2) is 60.2 Å². The molecular weight excluding hydrogens is 605 g/mol. The fraction of sp³-hybridized carbons (Fsp3) is 0.559. The van der Waals surface area contributed by atoms with Gasteiger partial charge in [0, 0.05) is 49.7 Å². The number of nitrogens with one attached hydrogen (secondary N) is 1. The van der Waals surface area contributed by atoms with Crippen LogP contribution in [0.2, 0.25) is 5.02 Å². The Hall–Kier alpha value is -2.52. The molecule has 0 spiro atoms. The minimum absolute atomic E-state index is 0.0155. The summed E-state index contributed by atoms with van der Waals surface area (Å²) in [5, 5.41) is 5.77. The third kappa shape index (κ3) is 12.5. The molecule has 3 atom stereocenters. The first-order valence-corrected chi connectivity index (χ1v) is 16.7. The van der Waals surface area contributed by atoms with Gasteiger partial charge in [0.15, 0.2) is 0 Å². The van der Waals surface area contributed by atoms with Crippen LogP contribution in [0.25, 0.3) is 0 Å². The fourth-order valence-electron chi connectivity index (χ4n) is 4.94. The molecule has 1 amide bonds. The van der Waals surface area contributed by atoms with Gasteiger partial charge in [-0.25, -0.2) is 13.2 Å². The maximum Gasteiger partial charge on any atom is 0.242 e. The third-order valence-electron chi connectivity index (χ3n) is 7.70. The molecule has 44 heavy (non-hydrogen) atoms. The van der Waals surface area contributed by atoms with Crippen LogP contribution in [0, 0.1) is 17.7 Å². The molecule has 0 bridgehead atoms. The van der Waals surface area contributed by atoms with Gasteiger partial charge < -0.3 is 10.2 Å². The number of alkyl halides is 2. The number of amides is 1. The molecule has 1 saturated carbocycles. The molecule has 0 aromatic heterocycles. The SMILES string of the molecule is C/C=C\SC(C1=NCC(C(/C=C\CC(F)F)=NC)=C2CC(NC(C)=O)CN12)C(C)CC.CC1CCC1.Fc1cccc(Cl)c1. The highest BCUT2D eigenvalue weighted by Crippen LogP contribution is 2.35. The Balaban J connectivity index is 0.000000422. The Morgan fingerprint density at radius 2 is 2.02 bits per heavy atom. The van der Waals surface area contributed by atoms with Crippen LogP contribution in [0.3, 0.4) is 0 Å². The van der Waals surface area contributed by atoms with E-state index in [0.717, 1.165) is 29.4 Å². The Morgan fingerprint density at radius 3 is 2.50 bits per heavy atom. The molecule has 2 aliphatic heterocycles. The lowest BCUT2D eigenvalue weighted by Gasteiger charge is -2.35. The van der Waals surface area contributed by atoms with Crippen molar-refractivity contribution < 1.29 is 18.0 Å². The van der Waals surface area contributed by atoms with Gasteiger partial charge in [0.1, 0.15) is 11.7 Å². The average Bonchev–Trinajstić information content (AvgIpc) is 3.38. The summed E-state index contributed by atoms with van der Waals surface area (Å²) in [6.45, 7) is 11.4. The van der Waals surface area contributed by atoms with Gasteiger partial charge in [-0.3, -0.25) is 14.8 Å². The maximum absolute atomic E-state index is 12.6. The Kier molecular flexibility index (Phi) is 16.9. The Morgan fingerprint density at radius 1 is 1.32 bits per heavy atom. The lowest BCUT2D eigenvalue weighted by Crippen LogP contribution is -2.43. The standard InChI is InChI=1S/C23H34F2N4OS.C6H4ClF.C5H10/c1-6-11-31-22(15(3)7-2)23-27-13-18(19(26-5)9-8-10-21(24)25)20-12-17(14-29(20)23)28-16(4)30;7-5-2-1-3-6(8)4-5;1-5-3-2-4-5/h6,8-9,11,15,17,21-22H,7,10,12-14H2,1-5H3,(H,28,30);1-4H;5H,2-4H2,1H3/b9-8-,11-6-,26-19?;;. The molecule has 5 nitrogen and oxygen atoms in total. The molecule has 10 heteroatoms. The van der Waals surface area contributed by atoms with E-state index < -0.39 is 6.43 Å². The summed E-state index contributed by atoms with van der Waals surface area (Å²) in [5.41, 5.74) is 2.71. The van der Waals surface area contributed by atoms with Gasteiger partial charge in [0.2, 0.25) is 12.3 Å². The molecule has 0 radical (unpaired) electrons. The maximum atomic E-state index is 12.6. The number of rotatable bonds is 10. The fourth-order valence-corrected chi connectivity index (χ4v) is 6.23. The molecule has 1 N–H and O–H groups in total. The molecule has 2 heterocycles. The molecule has 3 unspecified atom stereocenters. The van der Waals surface area contributed by atoms with Crippen molar-refractivity contribution in [1.82, 2.24) is 10.2 Å². The van der Waals surface area contributed by atoms with E-state index in [0.29, 0.717) is 36.2 Å². The lowest BCUT2D eigenvalue weighted by atomic mass is 9.88. The molecule has 1 saturated heterocycles. The van der Waals surface area contributed by atoms with Crippen molar-refractivity contribution in [3.63, 3.8) is 0 Å². The summed E-state index contributed by atoms with van der Waals surface area (Å²) in [6.07, 6.45) is 8.65. The molecule has 1 aliphatic carbocycles. The second-order valence-corrected chi connectivity index (χ2v) is 12.8. The van der Waals surface area contributed by atoms with E-state index in [2.05, 4.69) is 41.4 Å². The highest BCUT2D eigenvalue weighted by Gasteiger charge is 2.39. The van der Waals surface area contributed by atoms with Crippen LogP contribution in [0.1, 0.15) is 73.1 Å². The van der Waals surface area contributed by atoms with Crippen molar-refractivity contribution >= 4 is 40.8 Å². The van der Waals surface area contributed by atoms with Gasteiger partial charge in [0.25, 0.3) is 0 Å². The van der Waals surface area contributed by atoms with Crippen molar-refractivity contribution in [2.24, 2.45) is 21.8 Å². The molecule has 244 valence electrons. The normalized spacial score (nSPS) is 20.0. The van der Waals surface area contributed by atoms with Crippen LogP contribution < -0.4 is 5.32 Å². The van der Waals surface area contributed by atoms with Crippen molar-refractivity contribution in [2.75, 3.05) is 20.1 Å². The first-order valence-electron chi connectivity index (χ1n) is 15.4. The van der Waals surface area contributed by atoms with Gasteiger partial charge in [0.05, 0.1) is 23.5 Å². The van der Waals surface area contributed by atoms with Crippen molar-refractivity contribution in [1.29, 1.82) is 0 Å². The average molecular weight is 653 g/mol. The number of allylic oxidation sites excluding steroid dienone is 3. The number of halogens is 4. The highest BCUT2D eigenvalue weighted by atomic mass is 35.5. The van der Waals surface area contributed by atoms with Crippen LogP contribution in [0.15, 0.2) is 69.2 Å². The minimum atomic E-state index is -2.38. The Bertz CT molecular complexity index is 1200. The lowest BCUT2D eigenvalue weighted by molar-refractivity contribution is -0.119. The van der Waals surface area contributed by atoms with Gasteiger partial charge in [-0.2, -0.15) is 0 Å². The Labute approximate surface area is 271 Å². The second kappa shape index (κ2) is 19.8. The van der Waals surface area contributed by atoms with Gasteiger partial charge >= 0.3 is 0 Å². The summed E-state index contributed by atoms with van der Waals surface area (Å²) < 4.78 is 37.3. The van der Waals surface area contributed by atoms with E-state index in [9.17, 15) is 18.0 Å². The predicted octanol–water partition coefficient (Wildman–Crippen LogP) is 9.11. The number of carbonyl (C=O) groups is 1. The molecule has 2 fully saturated rings. The predicted molar refractivity (Wildman–Crippen MR) is 181 cm³/mol. The summed E-state index contributed by atoms with van der Waals surface area (Å²) in [4.78, 5) is 23.2.